The second kappa shape index (κ2) is 19.4. The van der Waals surface area contributed by atoms with Crippen molar-refractivity contribution in [1.82, 2.24) is 20.6 Å². The summed E-state index contributed by atoms with van der Waals surface area (Å²) in [6, 6.07) is 4.21. The van der Waals surface area contributed by atoms with Crippen molar-refractivity contribution in [3.05, 3.63) is 45.7 Å². The molecule has 1 atom stereocenters. The molecule has 264 valence electrons. The van der Waals surface area contributed by atoms with Crippen LogP contribution in [0, 0.1) is 0 Å². The van der Waals surface area contributed by atoms with Gasteiger partial charge in [0, 0.05) is 30.8 Å². The zero-order valence-electron chi connectivity index (χ0n) is 25.6. The van der Waals surface area contributed by atoms with E-state index in [1.54, 1.807) is 0 Å². The van der Waals surface area contributed by atoms with Crippen LogP contribution in [-0.4, -0.2) is 96.9 Å². The van der Waals surface area contributed by atoms with E-state index < -0.39 is 49.6 Å². The number of H-pyrrole nitrogens is 1. The Morgan fingerprint density at radius 1 is 1.04 bits per heavy atom. The predicted molar refractivity (Wildman–Crippen MR) is 174 cm³/mol. The van der Waals surface area contributed by atoms with Gasteiger partial charge in [-0.1, -0.05) is 0 Å². The van der Waals surface area contributed by atoms with Crippen LogP contribution < -0.4 is 32.6 Å². The molecular formula is C27H38N7O12PS. The van der Waals surface area contributed by atoms with Crippen molar-refractivity contribution < 1.29 is 53.1 Å². The van der Waals surface area contributed by atoms with E-state index in [-0.39, 0.29) is 79.3 Å². The van der Waals surface area contributed by atoms with Gasteiger partial charge < -0.3 is 47.0 Å². The van der Waals surface area contributed by atoms with E-state index in [2.05, 4.69) is 25.1 Å². The number of anilines is 3. The Morgan fingerprint density at radius 2 is 1.73 bits per heavy atom. The minimum absolute atomic E-state index is 0.0524. The topological polar surface area (TPSA) is 318 Å². The number of benzene rings is 1. The van der Waals surface area contributed by atoms with Crippen LogP contribution in [0.5, 0.6) is 0 Å². The number of amides is 3. The molecule has 3 amide bonds. The fourth-order valence-electron chi connectivity index (χ4n) is 4.14. The Balaban J connectivity index is 2.06. The van der Waals surface area contributed by atoms with E-state index in [1.807, 2.05) is 0 Å². The summed E-state index contributed by atoms with van der Waals surface area (Å²) < 4.78 is 15.0. The Hall–Kier alpha value is -4.49. The number of thioether (sulfide) groups is 1. The Bertz CT molecular complexity index is 1550. The van der Waals surface area contributed by atoms with Gasteiger partial charge >= 0.3 is 19.8 Å². The monoisotopic (exact) mass is 715 g/mol. The van der Waals surface area contributed by atoms with Crippen molar-refractivity contribution in [2.24, 2.45) is 0 Å². The van der Waals surface area contributed by atoms with Crippen LogP contribution >= 0.6 is 19.6 Å². The van der Waals surface area contributed by atoms with Crippen LogP contribution in [0.3, 0.4) is 0 Å². The average molecular weight is 716 g/mol. The summed E-state index contributed by atoms with van der Waals surface area (Å²) in [7, 11) is -4.55. The summed E-state index contributed by atoms with van der Waals surface area (Å²) in [5.74, 6) is -4.53. The van der Waals surface area contributed by atoms with Gasteiger partial charge in [0.25, 0.3) is 11.5 Å². The number of carboxylic acid groups (broad SMARTS) is 2. The highest BCUT2D eigenvalue weighted by molar-refractivity contribution is 8.00. The standard InChI is InChI=1S/C27H38N7O12PS/c28-23-18(25(40)33-27(29)32-23)4-3-12-34(21(36)15-48-14-20(35)30-11-1-2-13-46-47(43,44)45)17-7-5-16(6-8-17)24(39)31-19(26(41)42)9-10-22(37)38/h5-8,19H,1-4,9-15H2,(H,30,35)(H,31,39)(H,37,38)(H,41,42)(H2,43,44,45)(H5,28,29,32,33,40)/t19-/m0/s1. The third-order valence-corrected chi connectivity index (χ3v) is 7.91. The summed E-state index contributed by atoms with van der Waals surface area (Å²) in [4.78, 5) is 97.7. The average Bonchev–Trinajstić information content (AvgIpc) is 2.99. The molecule has 0 radical (unpaired) electrons. The summed E-state index contributed by atoms with van der Waals surface area (Å²) >= 11 is 1.03. The Labute approximate surface area is 278 Å². The lowest BCUT2D eigenvalue weighted by Crippen LogP contribution is -2.41. The summed E-state index contributed by atoms with van der Waals surface area (Å²) in [5, 5.41) is 23.1. The van der Waals surface area contributed by atoms with Crippen LogP contribution in [0.15, 0.2) is 29.1 Å². The number of aromatic amines is 1. The molecule has 0 aliphatic heterocycles. The molecule has 0 saturated heterocycles. The maximum absolute atomic E-state index is 13.3. The molecule has 2 aromatic rings. The van der Waals surface area contributed by atoms with Gasteiger partial charge in [-0.25, -0.2) is 9.36 Å². The van der Waals surface area contributed by atoms with Crippen molar-refractivity contribution in [2.75, 3.05) is 47.6 Å². The summed E-state index contributed by atoms with van der Waals surface area (Å²) in [5.41, 5.74) is 11.4. The molecule has 0 saturated carbocycles. The zero-order chi connectivity index (χ0) is 35.9. The number of nitrogen functional groups attached to an aromatic ring is 2. The second-order valence-corrected chi connectivity index (χ2v) is 12.4. The van der Waals surface area contributed by atoms with Crippen LogP contribution in [0.1, 0.15) is 48.0 Å². The minimum Gasteiger partial charge on any atom is -0.481 e. The SMILES string of the molecule is Nc1nc(N)c(CCCN(C(=O)CSCC(=O)NCCCCOP(=O)(O)O)c2ccc(C(=O)N[C@@H](CCC(=O)O)C(=O)O)cc2)c(=O)[nH]1. The first-order valence-electron chi connectivity index (χ1n) is 14.4. The van der Waals surface area contributed by atoms with Crippen molar-refractivity contribution in [2.45, 2.75) is 44.6 Å². The van der Waals surface area contributed by atoms with Gasteiger partial charge in [-0.2, -0.15) is 4.98 Å². The number of hydrogen-bond acceptors (Lipinski definition) is 12. The number of aromatic nitrogens is 2. The lowest BCUT2D eigenvalue weighted by Gasteiger charge is -2.23. The smallest absolute Gasteiger partial charge is 0.469 e. The highest BCUT2D eigenvalue weighted by atomic mass is 32.2. The number of carboxylic acids is 2. The van der Waals surface area contributed by atoms with Gasteiger partial charge in [-0.3, -0.25) is 33.5 Å². The van der Waals surface area contributed by atoms with E-state index in [1.165, 1.54) is 29.2 Å². The van der Waals surface area contributed by atoms with Gasteiger partial charge in [0.05, 0.1) is 23.7 Å². The van der Waals surface area contributed by atoms with Crippen LogP contribution in [0.25, 0.3) is 0 Å². The fourth-order valence-corrected chi connectivity index (χ4v) is 5.23. The quantitative estimate of drug-likeness (QED) is 0.0591. The van der Waals surface area contributed by atoms with Crippen molar-refractivity contribution in [1.29, 1.82) is 0 Å². The fraction of sp³-hybridized carbons (Fsp3) is 0.444. The van der Waals surface area contributed by atoms with Crippen LogP contribution in [0.4, 0.5) is 17.5 Å². The van der Waals surface area contributed by atoms with Gasteiger partial charge in [0.2, 0.25) is 17.8 Å². The molecule has 11 N–H and O–H groups in total. The number of nitrogens with zero attached hydrogens (tertiary/aromatic N) is 2. The van der Waals surface area contributed by atoms with E-state index in [9.17, 15) is 38.4 Å². The first-order valence-corrected chi connectivity index (χ1v) is 17.1. The molecular weight excluding hydrogens is 677 g/mol. The van der Waals surface area contributed by atoms with E-state index >= 15 is 0 Å². The normalized spacial score (nSPS) is 11.8. The molecule has 48 heavy (non-hydrogen) atoms. The number of phosphoric acid groups is 1. The molecule has 1 aromatic carbocycles. The molecule has 1 heterocycles. The first kappa shape index (κ1) is 39.7. The van der Waals surface area contributed by atoms with E-state index in [0.717, 1.165) is 11.8 Å². The number of nitrogens with one attached hydrogen (secondary N) is 3. The zero-order valence-corrected chi connectivity index (χ0v) is 27.3. The highest BCUT2D eigenvalue weighted by Crippen LogP contribution is 2.35. The summed E-state index contributed by atoms with van der Waals surface area (Å²) in [6.07, 6.45) is 0.328. The molecule has 21 heteroatoms. The van der Waals surface area contributed by atoms with E-state index in [4.69, 9.17) is 26.4 Å². The van der Waals surface area contributed by atoms with Gasteiger partial charge in [-0.15, -0.1) is 11.8 Å². The maximum Gasteiger partial charge on any atom is 0.469 e. The maximum atomic E-state index is 13.3. The molecule has 19 nitrogen and oxygen atoms in total. The van der Waals surface area contributed by atoms with Gasteiger partial charge in [0.15, 0.2) is 0 Å². The molecule has 0 spiro atoms. The molecule has 0 fully saturated rings. The molecule has 1 aromatic heterocycles. The third-order valence-electron chi connectivity index (χ3n) is 6.48. The number of hydrogen-bond donors (Lipinski definition) is 9. The largest absolute Gasteiger partial charge is 0.481 e. The number of aliphatic carboxylic acids is 2. The molecule has 0 bridgehead atoms. The minimum atomic E-state index is -4.55. The third kappa shape index (κ3) is 14.5. The molecule has 0 aliphatic carbocycles. The van der Waals surface area contributed by atoms with Crippen LogP contribution in [0.2, 0.25) is 0 Å². The highest BCUT2D eigenvalue weighted by Gasteiger charge is 2.23. The number of rotatable bonds is 21. The van der Waals surface area contributed by atoms with Crippen molar-refractivity contribution in [3.63, 3.8) is 0 Å². The Kier molecular flexibility index (Phi) is 16.0. The summed E-state index contributed by atoms with van der Waals surface area (Å²) in [6.45, 7) is 0.155. The Morgan fingerprint density at radius 3 is 2.33 bits per heavy atom. The van der Waals surface area contributed by atoms with Crippen LogP contribution in [-0.2, 0) is 34.7 Å². The number of unbranched alkanes of at least 4 members (excludes halogenated alkanes) is 1. The first-order chi connectivity index (χ1) is 22.6. The predicted octanol–water partition coefficient (Wildman–Crippen LogP) is -0.313. The van der Waals surface area contributed by atoms with E-state index in [0.29, 0.717) is 18.5 Å². The lowest BCUT2D eigenvalue weighted by molar-refractivity contribution is -0.140. The van der Waals surface area contributed by atoms with Gasteiger partial charge in [-0.05, 0) is 56.4 Å². The molecule has 2 rings (SSSR count). The number of phosphoric ester groups is 1. The molecule has 0 aliphatic rings. The lowest BCUT2D eigenvalue weighted by atomic mass is 10.1. The second-order valence-electron chi connectivity index (χ2n) is 10.2. The van der Waals surface area contributed by atoms with Crippen molar-refractivity contribution in [3.8, 4) is 0 Å². The number of carbonyl (C=O) groups excluding carboxylic acids is 3. The number of carbonyl (C=O) groups is 5. The van der Waals surface area contributed by atoms with Gasteiger partial charge in [0.1, 0.15) is 11.9 Å². The number of nitrogens with two attached hydrogens (primary N) is 2. The van der Waals surface area contributed by atoms with Crippen molar-refractivity contribution >= 4 is 66.7 Å². The molecule has 0 unspecified atom stereocenters.